The van der Waals surface area contributed by atoms with Gasteiger partial charge in [0.05, 0.1) is 11.3 Å². The number of halogens is 4. The van der Waals surface area contributed by atoms with Gasteiger partial charge in [-0.05, 0) is 32.2 Å². The van der Waals surface area contributed by atoms with Crippen LogP contribution in [0.1, 0.15) is 12.5 Å². The van der Waals surface area contributed by atoms with Crippen LogP contribution in [0, 0.1) is 0 Å². The number of hydrogen-bond acceptors (Lipinski definition) is 3. The van der Waals surface area contributed by atoms with Gasteiger partial charge in [0.1, 0.15) is 0 Å². The summed E-state index contributed by atoms with van der Waals surface area (Å²) < 4.78 is 37.6. The normalized spacial score (nSPS) is 12.4. The average molecular weight is 343 g/mol. The molecule has 2 N–H and O–H groups in total. The van der Waals surface area contributed by atoms with Crippen LogP contribution in [-0.2, 0) is 11.0 Å². The van der Waals surface area contributed by atoms with Gasteiger partial charge in [-0.3, -0.25) is 4.79 Å². The molecule has 0 saturated heterocycles. The van der Waals surface area contributed by atoms with Crippen LogP contribution in [0.5, 0.6) is 0 Å². The number of hydrogen-bond donors (Lipinski definition) is 2. The van der Waals surface area contributed by atoms with Crippen LogP contribution < -0.4 is 10.6 Å². The molecule has 1 atom stereocenters. The molecule has 0 spiro atoms. The van der Waals surface area contributed by atoms with Crippen molar-refractivity contribution in [2.45, 2.75) is 24.0 Å². The predicted octanol–water partition coefficient (Wildman–Crippen LogP) is 2.94. The number of benzene rings is 1. The first-order chi connectivity index (χ1) is 9.32. The molecular weight excluding hydrogens is 325 g/mol. The fraction of sp³-hybridized carbons (Fsp3) is 0.462. The van der Waals surface area contributed by atoms with Gasteiger partial charge < -0.3 is 10.6 Å². The van der Waals surface area contributed by atoms with E-state index in [0.717, 1.165) is 23.9 Å². The largest absolute Gasteiger partial charge is 0.416 e. The van der Waals surface area contributed by atoms with Gasteiger partial charge in [0.15, 0.2) is 0 Å². The van der Waals surface area contributed by atoms with E-state index in [9.17, 15) is 18.0 Å². The Morgan fingerprint density at radius 1 is 1.38 bits per heavy atom. The number of nitrogens with one attached hydrogen (secondary N) is 2. The summed E-state index contributed by atoms with van der Waals surface area (Å²) in [5, 5.41) is 5.68. The molecule has 1 amide bonds. The summed E-state index contributed by atoms with van der Waals surface area (Å²) in [5.41, 5.74) is -0.702. The molecule has 0 aliphatic rings. The van der Waals surface area contributed by atoms with E-state index >= 15 is 0 Å². The van der Waals surface area contributed by atoms with Crippen molar-refractivity contribution in [2.24, 2.45) is 0 Å². The van der Waals surface area contributed by atoms with Crippen LogP contribution in [0.4, 0.5) is 13.2 Å². The van der Waals surface area contributed by atoms with Gasteiger partial charge in [-0.1, -0.05) is 6.07 Å². The number of alkyl halides is 3. The van der Waals surface area contributed by atoms with Crippen LogP contribution in [0.15, 0.2) is 29.2 Å². The first-order valence-corrected chi connectivity index (χ1v) is 7.05. The first-order valence-electron chi connectivity index (χ1n) is 6.07. The van der Waals surface area contributed by atoms with Crippen molar-refractivity contribution in [2.75, 3.05) is 19.3 Å². The molecule has 1 rings (SSSR count). The molecule has 0 bridgehead atoms. The lowest BCUT2D eigenvalue weighted by atomic mass is 10.2. The number of likely N-dealkylation sites (N-methyl/N-ethyl adjacent to an activating group) is 1. The summed E-state index contributed by atoms with van der Waals surface area (Å²) in [6.07, 6.45) is -4.36. The maximum Gasteiger partial charge on any atom is 0.416 e. The minimum atomic E-state index is -4.36. The summed E-state index contributed by atoms with van der Waals surface area (Å²) in [5.74, 6) is -0.105. The number of rotatable bonds is 6. The van der Waals surface area contributed by atoms with Crippen molar-refractivity contribution in [1.82, 2.24) is 10.6 Å². The van der Waals surface area contributed by atoms with E-state index in [4.69, 9.17) is 0 Å². The maximum absolute atomic E-state index is 12.5. The second-order valence-electron chi connectivity index (χ2n) is 4.31. The molecule has 0 radical (unpaired) electrons. The Morgan fingerprint density at radius 3 is 2.62 bits per heavy atom. The molecule has 21 heavy (non-hydrogen) atoms. The minimum Gasteiger partial charge on any atom is -0.354 e. The summed E-state index contributed by atoms with van der Waals surface area (Å²) in [6, 6.07) is 5.11. The van der Waals surface area contributed by atoms with Gasteiger partial charge in [0.2, 0.25) is 5.91 Å². The van der Waals surface area contributed by atoms with E-state index in [1.807, 2.05) is 6.92 Å². The number of carbonyl (C=O) groups excluding carboxylic acids is 1. The standard InChI is InChI=1S/C13H17F3N2OS.ClH/c1-9(17-2)7-18-12(19)8-20-11-5-3-4-10(6-11)13(14,15)16;/h3-6,9,17H,7-8H2,1-2H3,(H,18,19);1H. The summed E-state index contributed by atoms with van der Waals surface area (Å²) in [4.78, 5) is 12.0. The molecule has 0 fully saturated rings. The molecule has 8 heteroatoms. The molecule has 3 nitrogen and oxygen atoms in total. The zero-order valence-electron chi connectivity index (χ0n) is 11.7. The maximum atomic E-state index is 12.5. The number of carbonyl (C=O) groups is 1. The third kappa shape index (κ3) is 7.59. The molecule has 0 heterocycles. The number of amides is 1. The van der Waals surface area contributed by atoms with E-state index in [1.165, 1.54) is 6.07 Å². The Balaban J connectivity index is 0.00000400. The van der Waals surface area contributed by atoms with E-state index in [0.29, 0.717) is 11.4 Å². The van der Waals surface area contributed by atoms with Crippen molar-refractivity contribution in [3.8, 4) is 0 Å². The third-order valence-corrected chi connectivity index (χ3v) is 3.62. The molecular formula is C13H18ClF3N2OS. The number of thioether (sulfide) groups is 1. The van der Waals surface area contributed by atoms with E-state index < -0.39 is 11.7 Å². The van der Waals surface area contributed by atoms with Crippen molar-refractivity contribution >= 4 is 30.1 Å². The van der Waals surface area contributed by atoms with Crippen molar-refractivity contribution < 1.29 is 18.0 Å². The molecule has 120 valence electrons. The van der Waals surface area contributed by atoms with E-state index in [-0.39, 0.29) is 30.1 Å². The van der Waals surface area contributed by atoms with Crippen LogP contribution in [0.25, 0.3) is 0 Å². The Labute approximate surface area is 132 Å². The van der Waals surface area contributed by atoms with Gasteiger partial charge in [-0.15, -0.1) is 24.2 Å². The lowest BCUT2D eigenvalue weighted by Gasteiger charge is -2.11. The highest BCUT2D eigenvalue weighted by molar-refractivity contribution is 8.00. The summed E-state index contributed by atoms with van der Waals surface area (Å²) in [6.45, 7) is 2.40. The molecule has 0 aliphatic carbocycles. The van der Waals surface area contributed by atoms with Crippen LogP contribution in [0.2, 0.25) is 0 Å². The van der Waals surface area contributed by atoms with Crippen LogP contribution in [0.3, 0.4) is 0 Å². The zero-order valence-corrected chi connectivity index (χ0v) is 13.3. The highest BCUT2D eigenvalue weighted by atomic mass is 35.5. The molecule has 1 aromatic carbocycles. The lowest BCUT2D eigenvalue weighted by Crippen LogP contribution is -2.37. The highest BCUT2D eigenvalue weighted by Gasteiger charge is 2.30. The van der Waals surface area contributed by atoms with Crippen molar-refractivity contribution in [3.05, 3.63) is 29.8 Å². The van der Waals surface area contributed by atoms with Crippen molar-refractivity contribution in [3.63, 3.8) is 0 Å². The Kier molecular flexibility index (Phi) is 8.77. The molecule has 1 unspecified atom stereocenters. The van der Waals surface area contributed by atoms with Gasteiger partial charge >= 0.3 is 6.18 Å². The fourth-order valence-corrected chi connectivity index (χ4v) is 2.12. The fourth-order valence-electron chi connectivity index (χ4n) is 1.33. The van der Waals surface area contributed by atoms with Gasteiger partial charge in [0.25, 0.3) is 0 Å². The van der Waals surface area contributed by atoms with Gasteiger partial charge in [-0.2, -0.15) is 13.2 Å². The lowest BCUT2D eigenvalue weighted by molar-refractivity contribution is -0.137. The topological polar surface area (TPSA) is 41.1 Å². The van der Waals surface area contributed by atoms with E-state index in [1.54, 1.807) is 13.1 Å². The smallest absolute Gasteiger partial charge is 0.354 e. The monoisotopic (exact) mass is 342 g/mol. The predicted molar refractivity (Wildman–Crippen MR) is 80.9 cm³/mol. The zero-order chi connectivity index (χ0) is 15.2. The van der Waals surface area contributed by atoms with Crippen molar-refractivity contribution in [1.29, 1.82) is 0 Å². The average Bonchev–Trinajstić information content (AvgIpc) is 2.41. The summed E-state index contributed by atoms with van der Waals surface area (Å²) in [7, 11) is 1.79. The Bertz CT molecular complexity index is 457. The van der Waals surface area contributed by atoms with Gasteiger partial charge in [-0.25, -0.2) is 0 Å². The Morgan fingerprint density at radius 2 is 2.05 bits per heavy atom. The van der Waals surface area contributed by atoms with Crippen LogP contribution >= 0.6 is 24.2 Å². The second kappa shape index (κ2) is 9.17. The third-order valence-electron chi connectivity index (χ3n) is 2.63. The second-order valence-corrected chi connectivity index (χ2v) is 5.36. The molecule has 0 saturated carbocycles. The SMILES string of the molecule is CNC(C)CNC(=O)CSc1cccc(C(F)(F)F)c1.Cl. The van der Waals surface area contributed by atoms with Crippen LogP contribution in [-0.4, -0.2) is 31.3 Å². The highest BCUT2D eigenvalue weighted by Crippen LogP contribution is 2.31. The first kappa shape index (κ1) is 20.1. The molecule has 1 aromatic rings. The molecule has 0 aromatic heterocycles. The van der Waals surface area contributed by atoms with E-state index in [2.05, 4.69) is 10.6 Å². The van der Waals surface area contributed by atoms with Gasteiger partial charge in [0, 0.05) is 17.5 Å². The Hall–Kier alpha value is -0.920. The minimum absolute atomic E-state index is 0. The molecule has 0 aliphatic heterocycles. The summed E-state index contributed by atoms with van der Waals surface area (Å²) >= 11 is 1.09. The quantitative estimate of drug-likeness (QED) is 0.781.